The van der Waals surface area contributed by atoms with E-state index >= 15 is 0 Å². The van der Waals surface area contributed by atoms with Crippen molar-refractivity contribution < 1.29 is 4.79 Å². The van der Waals surface area contributed by atoms with Gasteiger partial charge in [-0.25, -0.2) is 0 Å². The second-order valence-corrected chi connectivity index (χ2v) is 5.87. The first-order valence-corrected chi connectivity index (χ1v) is 7.49. The Morgan fingerprint density at radius 1 is 1.22 bits per heavy atom. The number of hydrogen-bond donors (Lipinski definition) is 2. The van der Waals surface area contributed by atoms with Crippen LogP contribution in [0.2, 0.25) is 0 Å². The molecular weight excluding hydrogens is 226 g/mol. The number of likely N-dealkylation sites (tertiary alicyclic amines) is 1. The van der Waals surface area contributed by atoms with E-state index in [1.165, 1.54) is 38.5 Å². The first-order chi connectivity index (χ1) is 8.78. The molecule has 1 saturated heterocycles. The minimum Gasteiger partial charge on any atom is -0.352 e. The van der Waals surface area contributed by atoms with Crippen molar-refractivity contribution in [3.63, 3.8) is 0 Å². The van der Waals surface area contributed by atoms with Crippen molar-refractivity contribution in [3.8, 4) is 0 Å². The zero-order chi connectivity index (χ0) is 12.8. The van der Waals surface area contributed by atoms with E-state index in [0.717, 1.165) is 26.1 Å². The number of nitrogens with two attached hydrogens (primary N) is 1. The first kappa shape index (κ1) is 13.8. The van der Waals surface area contributed by atoms with Gasteiger partial charge in [0.1, 0.15) is 0 Å². The molecule has 1 aliphatic heterocycles. The molecule has 1 aliphatic carbocycles. The number of amides is 1. The lowest BCUT2D eigenvalue weighted by Gasteiger charge is -2.24. The van der Waals surface area contributed by atoms with E-state index in [2.05, 4.69) is 10.2 Å². The molecule has 18 heavy (non-hydrogen) atoms. The van der Waals surface area contributed by atoms with Crippen LogP contribution in [0, 0.1) is 5.92 Å². The fourth-order valence-electron chi connectivity index (χ4n) is 3.25. The monoisotopic (exact) mass is 253 g/mol. The molecule has 0 bridgehead atoms. The topological polar surface area (TPSA) is 58.4 Å². The summed E-state index contributed by atoms with van der Waals surface area (Å²) in [6, 6.07) is 0.439. The van der Waals surface area contributed by atoms with Crippen LogP contribution in [0.25, 0.3) is 0 Å². The number of hydrogen-bond acceptors (Lipinski definition) is 3. The summed E-state index contributed by atoms with van der Waals surface area (Å²) in [5, 5.41) is 3.19. The second-order valence-electron chi connectivity index (χ2n) is 5.87. The molecule has 0 aromatic rings. The molecule has 0 aromatic carbocycles. The SMILES string of the molecule is NCCC1CCN(CC(=O)NC2CCCCC2)C1. The summed E-state index contributed by atoms with van der Waals surface area (Å²) in [6.07, 6.45) is 8.51. The van der Waals surface area contributed by atoms with E-state index < -0.39 is 0 Å². The van der Waals surface area contributed by atoms with Gasteiger partial charge < -0.3 is 11.1 Å². The molecule has 0 aromatic heterocycles. The first-order valence-electron chi connectivity index (χ1n) is 7.49. The van der Waals surface area contributed by atoms with Crippen LogP contribution in [0.15, 0.2) is 0 Å². The van der Waals surface area contributed by atoms with Crippen molar-refractivity contribution in [1.82, 2.24) is 10.2 Å². The van der Waals surface area contributed by atoms with Crippen LogP contribution in [0.5, 0.6) is 0 Å². The van der Waals surface area contributed by atoms with Crippen LogP contribution in [-0.4, -0.2) is 43.0 Å². The summed E-state index contributed by atoms with van der Waals surface area (Å²) in [5.74, 6) is 0.924. The molecule has 1 atom stereocenters. The molecule has 0 radical (unpaired) electrons. The van der Waals surface area contributed by atoms with Gasteiger partial charge in [-0.1, -0.05) is 19.3 Å². The molecule has 2 aliphatic rings. The molecule has 1 unspecified atom stereocenters. The maximum atomic E-state index is 12.0. The van der Waals surface area contributed by atoms with Crippen LogP contribution in [-0.2, 0) is 4.79 Å². The van der Waals surface area contributed by atoms with Crippen molar-refractivity contribution in [2.45, 2.75) is 51.0 Å². The zero-order valence-electron chi connectivity index (χ0n) is 11.4. The minimum absolute atomic E-state index is 0.218. The third-order valence-corrected chi connectivity index (χ3v) is 4.28. The number of nitrogens with zero attached hydrogens (tertiary/aromatic N) is 1. The van der Waals surface area contributed by atoms with E-state index in [-0.39, 0.29) is 5.91 Å². The second kappa shape index (κ2) is 7.10. The highest BCUT2D eigenvalue weighted by molar-refractivity contribution is 5.78. The molecule has 4 nitrogen and oxygen atoms in total. The highest BCUT2D eigenvalue weighted by Gasteiger charge is 2.24. The Morgan fingerprint density at radius 3 is 2.72 bits per heavy atom. The van der Waals surface area contributed by atoms with Gasteiger partial charge in [-0.05, 0) is 44.7 Å². The van der Waals surface area contributed by atoms with Crippen LogP contribution in [0.3, 0.4) is 0 Å². The van der Waals surface area contributed by atoms with Crippen molar-refractivity contribution in [2.24, 2.45) is 11.7 Å². The van der Waals surface area contributed by atoms with Gasteiger partial charge in [0.15, 0.2) is 0 Å². The molecule has 104 valence electrons. The molecule has 1 amide bonds. The summed E-state index contributed by atoms with van der Waals surface area (Å²) in [5.41, 5.74) is 5.58. The van der Waals surface area contributed by atoms with E-state index in [4.69, 9.17) is 5.73 Å². The Balaban J connectivity index is 1.65. The molecule has 1 heterocycles. The average Bonchev–Trinajstić information content (AvgIpc) is 2.78. The summed E-state index contributed by atoms with van der Waals surface area (Å²) < 4.78 is 0. The summed E-state index contributed by atoms with van der Waals surface area (Å²) in [6.45, 7) is 3.46. The molecular formula is C14H27N3O. The van der Waals surface area contributed by atoms with E-state index in [9.17, 15) is 4.79 Å². The number of carbonyl (C=O) groups excluding carboxylic acids is 1. The number of nitrogens with one attached hydrogen (secondary N) is 1. The lowest BCUT2D eigenvalue weighted by atomic mass is 9.95. The molecule has 3 N–H and O–H groups in total. The normalized spacial score (nSPS) is 26.4. The fraction of sp³-hybridized carbons (Fsp3) is 0.929. The Kier molecular flexibility index (Phi) is 5.45. The Hall–Kier alpha value is -0.610. The van der Waals surface area contributed by atoms with Crippen LogP contribution >= 0.6 is 0 Å². The summed E-state index contributed by atoms with van der Waals surface area (Å²) in [4.78, 5) is 14.2. The van der Waals surface area contributed by atoms with Gasteiger partial charge >= 0.3 is 0 Å². The van der Waals surface area contributed by atoms with Crippen LogP contribution < -0.4 is 11.1 Å². The zero-order valence-corrected chi connectivity index (χ0v) is 11.4. The Morgan fingerprint density at radius 2 is 2.00 bits per heavy atom. The van der Waals surface area contributed by atoms with E-state index in [0.29, 0.717) is 18.5 Å². The van der Waals surface area contributed by atoms with Gasteiger partial charge in [0.2, 0.25) is 5.91 Å². The number of carbonyl (C=O) groups is 1. The largest absolute Gasteiger partial charge is 0.352 e. The third kappa shape index (κ3) is 4.25. The van der Waals surface area contributed by atoms with E-state index in [1.54, 1.807) is 0 Å². The summed E-state index contributed by atoms with van der Waals surface area (Å²) in [7, 11) is 0. The third-order valence-electron chi connectivity index (χ3n) is 4.28. The van der Waals surface area contributed by atoms with Crippen LogP contribution in [0.4, 0.5) is 0 Å². The highest BCUT2D eigenvalue weighted by atomic mass is 16.2. The minimum atomic E-state index is 0.218. The van der Waals surface area contributed by atoms with Crippen LogP contribution in [0.1, 0.15) is 44.9 Å². The highest BCUT2D eigenvalue weighted by Crippen LogP contribution is 2.19. The Bertz CT molecular complexity index is 264. The summed E-state index contributed by atoms with van der Waals surface area (Å²) >= 11 is 0. The van der Waals surface area contributed by atoms with Gasteiger partial charge in [-0.15, -0.1) is 0 Å². The van der Waals surface area contributed by atoms with Gasteiger partial charge in [0, 0.05) is 12.6 Å². The predicted octanol–water partition coefficient (Wildman–Crippen LogP) is 1.11. The fourth-order valence-corrected chi connectivity index (χ4v) is 3.25. The smallest absolute Gasteiger partial charge is 0.234 e. The van der Waals surface area contributed by atoms with Crippen molar-refractivity contribution >= 4 is 5.91 Å². The lowest BCUT2D eigenvalue weighted by Crippen LogP contribution is -2.42. The standard InChI is InChI=1S/C14H27N3O/c15-8-6-12-7-9-17(10-12)11-14(18)16-13-4-2-1-3-5-13/h12-13H,1-11,15H2,(H,16,18). The number of rotatable bonds is 5. The van der Waals surface area contributed by atoms with Gasteiger partial charge in [-0.2, -0.15) is 0 Å². The van der Waals surface area contributed by atoms with Gasteiger partial charge in [0.25, 0.3) is 0 Å². The lowest BCUT2D eigenvalue weighted by molar-refractivity contribution is -0.122. The molecule has 0 spiro atoms. The maximum absolute atomic E-state index is 12.0. The quantitative estimate of drug-likeness (QED) is 0.771. The van der Waals surface area contributed by atoms with Crippen molar-refractivity contribution in [1.29, 1.82) is 0 Å². The van der Waals surface area contributed by atoms with E-state index in [1.807, 2.05) is 0 Å². The predicted molar refractivity (Wildman–Crippen MR) is 73.2 cm³/mol. The van der Waals surface area contributed by atoms with Gasteiger partial charge in [-0.3, -0.25) is 9.69 Å². The van der Waals surface area contributed by atoms with Gasteiger partial charge in [0.05, 0.1) is 6.54 Å². The molecule has 1 saturated carbocycles. The molecule has 2 rings (SSSR count). The molecule has 4 heteroatoms. The maximum Gasteiger partial charge on any atom is 0.234 e. The Labute approximate surface area is 110 Å². The molecule has 2 fully saturated rings. The average molecular weight is 253 g/mol. The van der Waals surface area contributed by atoms with Crippen molar-refractivity contribution in [3.05, 3.63) is 0 Å². The van der Waals surface area contributed by atoms with Crippen molar-refractivity contribution in [2.75, 3.05) is 26.2 Å².